The summed E-state index contributed by atoms with van der Waals surface area (Å²) in [6, 6.07) is 15.5. The molecule has 5 heteroatoms. The van der Waals surface area contributed by atoms with Gasteiger partial charge in [0.05, 0.1) is 19.2 Å². The molecule has 1 heterocycles. The van der Waals surface area contributed by atoms with E-state index in [0.717, 1.165) is 11.1 Å². The Balaban J connectivity index is 1.69. The van der Waals surface area contributed by atoms with Crippen molar-refractivity contribution in [3.8, 4) is 0 Å². The van der Waals surface area contributed by atoms with Crippen molar-refractivity contribution in [2.45, 2.75) is 26.8 Å². The largest absolute Gasteiger partial charge is 0.311 e. The van der Waals surface area contributed by atoms with Gasteiger partial charge in [-0.15, -0.1) is 0 Å². The van der Waals surface area contributed by atoms with Gasteiger partial charge in [-0.2, -0.15) is 5.10 Å². The number of rotatable bonds is 5. The van der Waals surface area contributed by atoms with Crippen LogP contribution in [0.1, 0.15) is 22.3 Å². The van der Waals surface area contributed by atoms with Gasteiger partial charge in [0.2, 0.25) is 5.91 Å². The molecule has 0 fully saturated rings. The number of carbonyl (C=O) groups is 1. The number of anilines is 1. The maximum absolute atomic E-state index is 12.4. The van der Waals surface area contributed by atoms with Crippen molar-refractivity contribution in [1.29, 1.82) is 0 Å². The van der Waals surface area contributed by atoms with Gasteiger partial charge in [-0.05, 0) is 42.2 Å². The van der Waals surface area contributed by atoms with Gasteiger partial charge in [-0.3, -0.25) is 4.79 Å². The summed E-state index contributed by atoms with van der Waals surface area (Å²) in [5.41, 5.74) is 4.37. The molecule has 1 amide bonds. The van der Waals surface area contributed by atoms with E-state index in [1.165, 1.54) is 11.1 Å². The first-order valence-corrected chi connectivity index (χ1v) is 8.52. The first-order valence-electron chi connectivity index (χ1n) is 8.14. The molecule has 128 valence electrons. The number of benzene rings is 2. The third-order valence-electron chi connectivity index (χ3n) is 4.20. The summed E-state index contributed by atoms with van der Waals surface area (Å²) in [7, 11) is 0. The minimum atomic E-state index is -0.0656. The van der Waals surface area contributed by atoms with Crippen molar-refractivity contribution in [3.05, 3.63) is 82.0 Å². The van der Waals surface area contributed by atoms with Crippen molar-refractivity contribution < 1.29 is 4.79 Å². The average molecular weight is 354 g/mol. The monoisotopic (exact) mass is 353 g/mol. The van der Waals surface area contributed by atoms with Crippen LogP contribution >= 0.6 is 11.6 Å². The highest BCUT2D eigenvalue weighted by molar-refractivity contribution is 6.31. The van der Waals surface area contributed by atoms with Crippen molar-refractivity contribution in [2.24, 2.45) is 0 Å². The van der Waals surface area contributed by atoms with Gasteiger partial charge in [-0.25, -0.2) is 4.68 Å². The van der Waals surface area contributed by atoms with Crippen LogP contribution in [0.5, 0.6) is 0 Å². The second-order valence-electron chi connectivity index (χ2n) is 6.11. The maximum atomic E-state index is 12.4. The molecule has 0 unspecified atom stereocenters. The minimum absolute atomic E-state index is 0.0656. The molecule has 2 aromatic carbocycles. The number of carbonyl (C=O) groups excluding carboxylic acids is 1. The van der Waals surface area contributed by atoms with E-state index in [1.807, 2.05) is 36.4 Å². The molecule has 1 aromatic heterocycles. The predicted molar refractivity (Wildman–Crippen MR) is 101 cm³/mol. The average Bonchev–Trinajstić information content (AvgIpc) is 3.00. The van der Waals surface area contributed by atoms with Crippen LogP contribution in [-0.2, 0) is 17.8 Å². The van der Waals surface area contributed by atoms with Crippen LogP contribution in [-0.4, -0.2) is 15.7 Å². The molecule has 0 saturated carbocycles. The van der Waals surface area contributed by atoms with Crippen LogP contribution in [0.15, 0.2) is 54.7 Å². The maximum Gasteiger partial charge on any atom is 0.229 e. The standard InChI is InChI=1S/C20H20ClN3O/c1-14-7-8-16(11-15(14)2)12-20(25)23-19-9-10-22-24(19)13-17-5-3-4-6-18(17)21/h3-11H,12-13H2,1-2H3,(H,23,25). The fourth-order valence-electron chi connectivity index (χ4n) is 2.64. The van der Waals surface area contributed by atoms with Crippen molar-refractivity contribution >= 4 is 23.3 Å². The van der Waals surface area contributed by atoms with E-state index in [2.05, 4.69) is 30.3 Å². The predicted octanol–water partition coefficient (Wildman–Crippen LogP) is 4.38. The number of hydrogen-bond donors (Lipinski definition) is 1. The van der Waals surface area contributed by atoms with E-state index in [-0.39, 0.29) is 5.91 Å². The van der Waals surface area contributed by atoms with Gasteiger partial charge < -0.3 is 5.32 Å². The summed E-state index contributed by atoms with van der Waals surface area (Å²) in [5.74, 6) is 0.595. The van der Waals surface area contributed by atoms with Crippen LogP contribution in [0.4, 0.5) is 5.82 Å². The molecule has 0 aliphatic rings. The molecule has 0 radical (unpaired) electrons. The van der Waals surface area contributed by atoms with Gasteiger partial charge in [0.15, 0.2) is 0 Å². The van der Waals surface area contributed by atoms with Crippen LogP contribution in [0.25, 0.3) is 0 Å². The molecule has 0 saturated heterocycles. The second-order valence-corrected chi connectivity index (χ2v) is 6.52. The Morgan fingerprint density at radius 2 is 1.92 bits per heavy atom. The highest BCUT2D eigenvalue weighted by Crippen LogP contribution is 2.18. The summed E-state index contributed by atoms with van der Waals surface area (Å²) >= 11 is 6.21. The zero-order valence-corrected chi connectivity index (χ0v) is 15.0. The summed E-state index contributed by atoms with van der Waals surface area (Å²) in [6.45, 7) is 4.62. The Morgan fingerprint density at radius 3 is 2.68 bits per heavy atom. The highest BCUT2D eigenvalue weighted by atomic mass is 35.5. The molecular formula is C20H20ClN3O. The minimum Gasteiger partial charge on any atom is -0.311 e. The Labute approximate surface area is 152 Å². The smallest absolute Gasteiger partial charge is 0.229 e. The van der Waals surface area contributed by atoms with Gasteiger partial charge in [0, 0.05) is 11.1 Å². The molecule has 3 rings (SSSR count). The van der Waals surface area contributed by atoms with Gasteiger partial charge >= 0.3 is 0 Å². The number of halogens is 1. The zero-order chi connectivity index (χ0) is 17.8. The lowest BCUT2D eigenvalue weighted by Crippen LogP contribution is -2.18. The summed E-state index contributed by atoms with van der Waals surface area (Å²) in [6.07, 6.45) is 2.00. The molecule has 25 heavy (non-hydrogen) atoms. The third-order valence-corrected chi connectivity index (χ3v) is 4.57. The van der Waals surface area contributed by atoms with E-state index in [1.54, 1.807) is 16.9 Å². The Bertz CT molecular complexity index is 901. The van der Waals surface area contributed by atoms with Crippen LogP contribution in [0.3, 0.4) is 0 Å². The van der Waals surface area contributed by atoms with Crippen LogP contribution in [0.2, 0.25) is 5.02 Å². The number of aryl methyl sites for hydroxylation is 2. The molecule has 0 spiro atoms. The SMILES string of the molecule is Cc1ccc(CC(=O)Nc2ccnn2Cc2ccccc2Cl)cc1C. The van der Waals surface area contributed by atoms with Gasteiger partial charge in [-0.1, -0.05) is 48.0 Å². The Hall–Kier alpha value is -2.59. The lowest BCUT2D eigenvalue weighted by Gasteiger charge is -2.11. The van der Waals surface area contributed by atoms with E-state index in [4.69, 9.17) is 11.6 Å². The quantitative estimate of drug-likeness (QED) is 0.739. The van der Waals surface area contributed by atoms with E-state index in [0.29, 0.717) is 23.8 Å². The summed E-state index contributed by atoms with van der Waals surface area (Å²) in [5, 5.41) is 7.90. The highest BCUT2D eigenvalue weighted by Gasteiger charge is 2.10. The topological polar surface area (TPSA) is 46.9 Å². The summed E-state index contributed by atoms with van der Waals surface area (Å²) in [4.78, 5) is 12.4. The molecule has 0 atom stereocenters. The van der Waals surface area contributed by atoms with Crippen molar-refractivity contribution in [2.75, 3.05) is 5.32 Å². The van der Waals surface area contributed by atoms with Gasteiger partial charge in [0.25, 0.3) is 0 Å². The second kappa shape index (κ2) is 7.53. The van der Waals surface area contributed by atoms with Crippen molar-refractivity contribution in [3.63, 3.8) is 0 Å². The summed E-state index contributed by atoms with van der Waals surface area (Å²) < 4.78 is 1.74. The van der Waals surface area contributed by atoms with Crippen molar-refractivity contribution in [1.82, 2.24) is 9.78 Å². The van der Waals surface area contributed by atoms with Crippen LogP contribution < -0.4 is 5.32 Å². The number of nitrogens with zero attached hydrogens (tertiary/aromatic N) is 2. The normalized spacial score (nSPS) is 10.7. The molecular weight excluding hydrogens is 334 g/mol. The Kier molecular flexibility index (Phi) is 5.19. The number of aromatic nitrogens is 2. The zero-order valence-electron chi connectivity index (χ0n) is 14.3. The lowest BCUT2D eigenvalue weighted by atomic mass is 10.0. The molecule has 0 bridgehead atoms. The molecule has 4 nitrogen and oxygen atoms in total. The fraction of sp³-hybridized carbons (Fsp3) is 0.200. The molecule has 1 N–H and O–H groups in total. The van der Waals surface area contributed by atoms with E-state index < -0.39 is 0 Å². The molecule has 3 aromatic rings. The van der Waals surface area contributed by atoms with E-state index in [9.17, 15) is 4.79 Å². The number of nitrogens with one attached hydrogen (secondary N) is 1. The van der Waals surface area contributed by atoms with E-state index >= 15 is 0 Å². The first kappa shape index (κ1) is 17.2. The molecule has 0 aliphatic carbocycles. The number of hydrogen-bond acceptors (Lipinski definition) is 2. The lowest BCUT2D eigenvalue weighted by molar-refractivity contribution is -0.115. The van der Waals surface area contributed by atoms with Gasteiger partial charge in [0.1, 0.15) is 5.82 Å². The van der Waals surface area contributed by atoms with Crippen LogP contribution in [0, 0.1) is 13.8 Å². The Morgan fingerprint density at radius 1 is 1.12 bits per heavy atom. The molecule has 0 aliphatic heterocycles. The first-order chi connectivity index (χ1) is 12.0. The number of amides is 1. The fourth-order valence-corrected chi connectivity index (χ4v) is 2.83. The third kappa shape index (κ3) is 4.28.